The van der Waals surface area contributed by atoms with Crippen molar-refractivity contribution in [2.45, 2.75) is 12.2 Å². The van der Waals surface area contributed by atoms with Crippen LogP contribution in [0.3, 0.4) is 0 Å². The second-order valence-electron chi connectivity index (χ2n) is 5.53. The van der Waals surface area contributed by atoms with E-state index in [9.17, 15) is 4.79 Å². The van der Waals surface area contributed by atoms with E-state index in [-0.39, 0.29) is 5.91 Å². The lowest BCUT2D eigenvalue weighted by Gasteiger charge is -2.10. The summed E-state index contributed by atoms with van der Waals surface area (Å²) >= 11 is 14.0. The van der Waals surface area contributed by atoms with E-state index in [1.807, 2.05) is 30.3 Å². The van der Waals surface area contributed by atoms with Crippen molar-refractivity contribution in [3.63, 3.8) is 0 Å². The van der Waals surface area contributed by atoms with Crippen molar-refractivity contribution in [1.82, 2.24) is 5.32 Å². The van der Waals surface area contributed by atoms with Crippen LogP contribution in [0.5, 0.6) is 5.75 Å². The van der Waals surface area contributed by atoms with Crippen LogP contribution in [0, 0.1) is 0 Å². The normalized spacial score (nSPS) is 10.4. The first-order valence-corrected chi connectivity index (χ1v) is 10.0. The van der Waals surface area contributed by atoms with Crippen LogP contribution in [0.25, 0.3) is 0 Å². The molecule has 0 saturated heterocycles. The Balaban J connectivity index is 1.83. The van der Waals surface area contributed by atoms with Crippen molar-refractivity contribution in [1.29, 1.82) is 0 Å². The van der Waals surface area contributed by atoms with Crippen LogP contribution in [0.1, 0.15) is 21.5 Å². The minimum atomic E-state index is -0.102. The maximum Gasteiger partial charge on any atom is 0.251 e. The van der Waals surface area contributed by atoms with Gasteiger partial charge in [0.2, 0.25) is 0 Å². The highest BCUT2D eigenvalue weighted by Gasteiger charge is 2.10. The Morgan fingerprint density at radius 1 is 1.27 bits per heavy atom. The number of thioether (sulfide) groups is 1. The van der Waals surface area contributed by atoms with Gasteiger partial charge in [0.25, 0.3) is 5.91 Å². The first-order chi connectivity index (χ1) is 12.6. The minimum absolute atomic E-state index is 0.102. The number of allylic oxidation sites excluding steroid dienone is 1. The van der Waals surface area contributed by atoms with Crippen molar-refractivity contribution in [2.75, 3.05) is 19.4 Å². The monoisotopic (exact) mass is 409 g/mol. The summed E-state index contributed by atoms with van der Waals surface area (Å²) in [5.41, 5.74) is 2.48. The van der Waals surface area contributed by atoms with E-state index in [0.29, 0.717) is 34.3 Å². The SMILES string of the molecule is C=CCc1cc(C(=O)NCCSCc2c(Cl)cccc2Cl)ccc1OC. The number of carbonyl (C=O) groups excluding carboxylic acids is 1. The Labute approximate surface area is 168 Å². The lowest BCUT2D eigenvalue weighted by Crippen LogP contribution is -2.25. The molecular formula is C20H21Cl2NO2S. The molecule has 0 aliphatic carbocycles. The number of rotatable bonds is 9. The molecule has 0 fully saturated rings. The van der Waals surface area contributed by atoms with E-state index in [0.717, 1.165) is 22.6 Å². The molecule has 26 heavy (non-hydrogen) atoms. The van der Waals surface area contributed by atoms with Crippen molar-refractivity contribution in [3.05, 3.63) is 75.8 Å². The average molecular weight is 410 g/mol. The van der Waals surface area contributed by atoms with Crippen LogP contribution < -0.4 is 10.1 Å². The highest BCUT2D eigenvalue weighted by molar-refractivity contribution is 7.98. The molecule has 2 aromatic rings. The molecule has 3 nitrogen and oxygen atoms in total. The van der Waals surface area contributed by atoms with Gasteiger partial charge in [0.15, 0.2) is 0 Å². The van der Waals surface area contributed by atoms with E-state index in [2.05, 4.69) is 11.9 Å². The van der Waals surface area contributed by atoms with E-state index in [4.69, 9.17) is 27.9 Å². The fraction of sp³-hybridized carbons (Fsp3) is 0.250. The number of amides is 1. The highest BCUT2D eigenvalue weighted by Crippen LogP contribution is 2.28. The molecule has 0 bridgehead atoms. The Kier molecular flexibility index (Phi) is 8.36. The molecule has 0 unspecified atom stereocenters. The molecule has 0 atom stereocenters. The lowest BCUT2D eigenvalue weighted by atomic mass is 10.1. The molecule has 1 N–H and O–H groups in total. The Hall–Kier alpha value is -1.62. The van der Waals surface area contributed by atoms with Crippen molar-refractivity contribution >= 4 is 40.9 Å². The number of halogens is 2. The lowest BCUT2D eigenvalue weighted by molar-refractivity contribution is 0.0956. The van der Waals surface area contributed by atoms with Gasteiger partial charge in [-0.3, -0.25) is 4.79 Å². The summed E-state index contributed by atoms with van der Waals surface area (Å²) in [5.74, 6) is 2.13. The zero-order valence-corrected chi connectivity index (χ0v) is 16.9. The van der Waals surface area contributed by atoms with Gasteiger partial charge in [0.05, 0.1) is 7.11 Å². The number of carbonyl (C=O) groups is 1. The van der Waals surface area contributed by atoms with Crippen LogP contribution >= 0.6 is 35.0 Å². The summed E-state index contributed by atoms with van der Waals surface area (Å²) in [6, 6.07) is 10.9. The second-order valence-corrected chi connectivity index (χ2v) is 7.45. The molecule has 0 spiro atoms. The largest absolute Gasteiger partial charge is 0.496 e. The molecule has 0 saturated carbocycles. The zero-order chi connectivity index (χ0) is 18.9. The predicted molar refractivity (Wildman–Crippen MR) is 112 cm³/mol. The first-order valence-electron chi connectivity index (χ1n) is 8.13. The topological polar surface area (TPSA) is 38.3 Å². The Morgan fingerprint density at radius 3 is 2.65 bits per heavy atom. The maximum absolute atomic E-state index is 12.3. The summed E-state index contributed by atoms with van der Waals surface area (Å²) in [7, 11) is 1.62. The van der Waals surface area contributed by atoms with E-state index >= 15 is 0 Å². The summed E-state index contributed by atoms with van der Waals surface area (Å²) < 4.78 is 5.30. The van der Waals surface area contributed by atoms with Gasteiger partial charge in [-0.05, 0) is 47.9 Å². The number of hydrogen-bond acceptors (Lipinski definition) is 3. The molecule has 0 aliphatic heterocycles. The fourth-order valence-electron chi connectivity index (χ4n) is 2.42. The van der Waals surface area contributed by atoms with Gasteiger partial charge in [-0.15, -0.1) is 6.58 Å². The van der Waals surface area contributed by atoms with Gasteiger partial charge in [-0.25, -0.2) is 0 Å². The summed E-state index contributed by atoms with van der Waals surface area (Å²) in [6.45, 7) is 4.30. The van der Waals surface area contributed by atoms with Crippen LogP contribution in [-0.2, 0) is 12.2 Å². The van der Waals surface area contributed by atoms with Crippen molar-refractivity contribution in [2.24, 2.45) is 0 Å². The number of nitrogens with one attached hydrogen (secondary N) is 1. The maximum atomic E-state index is 12.3. The van der Waals surface area contributed by atoms with E-state index in [1.165, 1.54) is 0 Å². The second kappa shape index (κ2) is 10.5. The van der Waals surface area contributed by atoms with Gasteiger partial charge in [-0.1, -0.05) is 35.3 Å². The molecule has 138 valence electrons. The first kappa shape index (κ1) is 20.7. The van der Waals surface area contributed by atoms with Crippen LogP contribution in [-0.4, -0.2) is 25.3 Å². The third kappa shape index (κ3) is 5.70. The highest BCUT2D eigenvalue weighted by atomic mass is 35.5. The predicted octanol–water partition coefficient (Wildman–Crippen LogP) is 5.39. The molecule has 6 heteroatoms. The molecule has 0 heterocycles. The van der Waals surface area contributed by atoms with Gasteiger partial charge >= 0.3 is 0 Å². The van der Waals surface area contributed by atoms with E-state index < -0.39 is 0 Å². The van der Waals surface area contributed by atoms with Gasteiger partial charge < -0.3 is 10.1 Å². The summed E-state index contributed by atoms with van der Waals surface area (Å²) in [6.07, 6.45) is 2.44. The standard InChI is InChI=1S/C20H21Cl2NO2S/c1-3-5-14-12-15(8-9-19(14)25-2)20(24)23-10-11-26-13-16-17(21)6-4-7-18(16)22/h3-4,6-9,12H,1,5,10-11,13H2,2H3,(H,23,24). The Bertz CT molecular complexity index is 760. The van der Waals surface area contributed by atoms with E-state index in [1.54, 1.807) is 31.0 Å². The molecule has 2 rings (SSSR count). The summed E-state index contributed by atoms with van der Waals surface area (Å²) in [4.78, 5) is 12.3. The number of benzene rings is 2. The number of methoxy groups -OCH3 is 1. The van der Waals surface area contributed by atoms with Crippen molar-refractivity contribution in [3.8, 4) is 5.75 Å². The van der Waals surface area contributed by atoms with Crippen molar-refractivity contribution < 1.29 is 9.53 Å². The number of hydrogen-bond donors (Lipinski definition) is 1. The molecular weight excluding hydrogens is 389 g/mol. The van der Waals surface area contributed by atoms with Crippen LogP contribution in [0.2, 0.25) is 10.0 Å². The third-order valence-corrected chi connectivity index (χ3v) is 5.44. The van der Waals surface area contributed by atoms with Gasteiger partial charge in [0, 0.05) is 33.7 Å². The van der Waals surface area contributed by atoms with Gasteiger partial charge in [0.1, 0.15) is 5.75 Å². The molecule has 0 aliphatic rings. The third-order valence-electron chi connectivity index (χ3n) is 3.75. The molecule has 2 aromatic carbocycles. The fourth-order valence-corrected chi connectivity index (χ4v) is 4.01. The zero-order valence-electron chi connectivity index (χ0n) is 14.6. The quantitative estimate of drug-likeness (QED) is 0.445. The molecule has 1 amide bonds. The number of ether oxygens (including phenoxy) is 1. The molecule has 0 radical (unpaired) electrons. The smallest absolute Gasteiger partial charge is 0.251 e. The summed E-state index contributed by atoms with van der Waals surface area (Å²) in [5, 5.41) is 4.27. The Morgan fingerprint density at radius 2 is 2.00 bits per heavy atom. The molecule has 0 aromatic heterocycles. The van der Waals surface area contributed by atoms with Crippen LogP contribution in [0.15, 0.2) is 49.1 Å². The van der Waals surface area contributed by atoms with Crippen LogP contribution in [0.4, 0.5) is 0 Å². The van der Waals surface area contributed by atoms with Gasteiger partial charge in [-0.2, -0.15) is 11.8 Å². The minimum Gasteiger partial charge on any atom is -0.496 e. The average Bonchev–Trinajstić information content (AvgIpc) is 2.63.